The summed E-state index contributed by atoms with van der Waals surface area (Å²) < 4.78 is 7.75. The molecule has 38 heavy (non-hydrogen) atoms. The third-order valence-corrected chi connectivity index (χ3v) is 11.7. The van der Waals surface area contributed by atoms with Crippen molar-refractivity contribution >= 4 is 48.4 Å². The van der Waals surface area contributed by atoms with Gasteiger partial charge in [-0.2, -0.15) is 0 Å². The van der Waals surface area contributed by atoms with Crippen LogP contribution in [0.5, 0.6) is 0 Å². The summed E-state index contributed by atoms with van der Waals surface area (Å²) in [5.41, 5.74) is 2.19. The van der Waals surface area contributed by atoms with Gasteiger partial charge in [0.2, 0.25) is 5.91 Å². The first-order valence-corrected chi connectivity index (χ1v) is 17.2. The number of carbonyl (C=O) groups is 2. The summed E-state index contributed by atoms with van der Waals surface area (Å²) in [5.74, 6) is -0.630. The third-order valence-electron chi connectivity index (χ3n) is 8.52. The zero-order valence-corrected chi connectivity index (χ0v) is 25.2. The van der Waals surface area contributed by atoms with Gasteiger partial charge in [0.1, 0.15) is 0 Å². The molecule has 3 aliphatic rings. The topological polar surface area (TPSA) is 90.3 Å². The summed E-state index contributed by atoms with van der Waals surface area (Å²) in [5, 5.41) is 10.1. The Balaban J connectivity index is 1.51. The van der Waals surface area contributed by atoms with Crippen LogP contribution in [0.25, 0.3) is 0 Å². The highest BCUT2D eigenvalue weighted by atomic mass is 127. The lowest BCUT2D eigenvalue weighted by Crippen LogP contribution is -2.48. The van der Waals surface area contributed by atoms with Gasteiger partial charge in [-0.25, -0.2) is 0 Å². The molecular formula is C29H35IN2O5Si. The van der Waals surface area contributed by atoms with Gasteiger partial charge in [0.25, 0.3) is 5.91 Å². The van der Waals surface area contributed by atoms with E-state index in [2.05, 4.69) is 29.2 Å². The molecule has 0 saturated carbocycles. The standard InChI is InChI=1S/C29H35IN2O5Si/c1-5-12-31-24-11-10-21(30)14-23(24)29(28(31)35)18(2)27(38(3,4)36)25(37-29)15-26(34)32-16-20-9-7-6-8-19(20)13-22(32)17-33/h5-11,14,18,22,25,27,33,36H,1,12-13,15-17H2,2-4H3/t18-,22-,25+,27-,29+/m0/s1. The minimum atomic E-state index is -2.89. The average Bonchev–Trinajstić information content (AvgIpc) is 3.29. The summed E-state index contributed by atoms with van der Waals surface area (Å²) in [6.45, 7) is 10.2. The van der Waals surface area contributed by atoms with E-state index < -0.39 is 20.0 Å². The summed E-state index contributed by atoms with van der Waals surface area (Å²) in [6.07, 6.45) is 1.71. The Morgan fingerprint density at radius 2 is 1.97 bits per heavy atom. The summed E-state index contributed by atoms with van der Waals surface area (Å²) in [7, 11) is -2.89. The fourth-order valence-corrected chi connectivity index (χ4v) is 9.94. The van der Waals surface area contributed by atoms with Gasteiger partial charge in [-0.05, 0) is 71.4 Å². The number of amides is 2. The molecule has 2 aromatic carbocycles. The van der Waals surface area contributed by atoms with Crippen molar-refractivity contribution in [3.8, 4) is 0 Å². The van der Waals surface area contributed by atoms with E-state index >= 15 is 0 Å². The quantitative estimate of drug-likeness (QED) is 0.282. The van der Waals surface area contributed by atoms with E-state index in [1.807, 2.05) is 62.5 Å². The fraction of sp³-hybridized carbons (Fsp3) is 0.448. The Morgan fingerprint density at radius 3 is 2.63 bits per heavy atom. The Hall–Kier alpha value is -2.05. The molecule has 7 nitrogen and oxygen atoms in total. The average molecular weight is 647 g/mol. The van der Waals surface area contributed by atoms with E-state index in [-0.39, 0.29) is 42.3 Å². The number of rotatable bonds is 6. The molecule has 1 saturated heterocycles. The van der Waals surface area contributed by atoms with Gasteiger partial charge in [0, 0.05) is 33.7 Å². The first-order chi connectivity index (χ1) is 18.0. The number of aliphatic hydroxyl groups is 1. The van der Waals surface area contributed by atoms with Crippen LogP contribution in [0.4, 0.5) is 5.69 Å². The second kappa shape index (κ2) is 10.2. The Morgan fingerprint density at radius 1 is 1.26 bits per heavy atom. The van der Waals surface area contributed by atoms with Crippen LogP contribution < -0.4 is 4.90 Å². The fourth-order valence-electron chi connectivity index (χ4n) is 6.89. The van der Waals surface area contributed by atoms with Crippen molar-refractivity contribution in [1.82, 2.24) is 4.90 Å². The van der Waals surface area contributed by atoms with Gasteiger partial charge < -0.3 is 24.4 Å². The van der Waals surface area contributed by atoms with E-state index in [1.54, 1.807) is 15.9 Å². The molecule has 9 heteroatoms. The number of nitrogens with zero attached hydrogens (tertiary/aromatic N) is 2. The van der Waals surface area contributed by atoms with E-state index in [9.17, 15) is 19.5 Å². The van der Waals surface area contributed by atoms with Gasteiger partial charge in [0.05, 0.1) is 30.9 Å². The van der Waals surface area contributed by atoms with Crippen LogP contribution in [0.1, 0.15) is 30.0 Å². The molecule has 1 fully saturated rings. The molecule has 0 aromatic heterocycles. The van der Waals surface area contributed by atoms with Crippen LogP contribution in [-0.4, -0.2) is 60.2 Å². The number of hydrogen-bond acceptors (Lipinski definition) is 5. The van der Waals surface area contributed by atoms with Crippen molar-refractivity contribution in [1.29, 1.82) is 0 Å². The maximum absolute atomic E-state index is 14.1. The normalized spacial score (nSPS) is 28.5. The zero-order chi connectivity index (χ0) is 27.4. The second-order valence-electron chi connectivity index (χ2n) is 11.3. The molecule has 1 spiro atoms. The van der Waals surface area contributed by atoms with Gasteiger partial charge in [-0.1, -0.05) is 37.3 Å². The monoisotopic (exact) mass is 646 g/mol. The molecule has 2 aromatic rings. The summed E-state index contributed by atoms with van der Waals surface area (Å²) in [6, 6.07) is 13.6. The van der Waals surface area contributed by atoms with Crippen molar-refractivity contribution in [3.63, 3.8) is 0 Å². The van der Waals surface area contributed by atoms with Crippen LogP contribution in [0, 0.1) is 9.49 Å². The number of hydrogen-bond donors (Lipinski definition) is 2. The van der Waals surface area contributed by atoms with E-state index in [1.165, 1.54) is 0 Å². The molecular weight excluding hydrogens is 611 g/mol. The maximum Gasteiger partial charge on any atom is 0.264 e. The highest BCUT2D eigenvalue weighted by molar-refractivity contribution is 14.1. The number of ether oxygens (including phenoxy) is 1. The Labute approximate surface area is 238 Å². The number of halogens is 1. The summed E-state index contributed by atoms with van der Waals surface area (Å²) >= 11 is 2.24. The highest BCUT2D eigenvalue weighted by Crippen LogP contribution is 2.59. The number of aliphatic hydroxyl groups excluding tert-OH is 1. The van der Waals surface area contributed by atoms with Crippen LogP contribution >= 0.6 is 22.6 Å². The van der Waals surface area contributed by atoms with Crippen molar-refractivity contribution in [2.75, 3.05) is 18.1 Å². The largest absolute Gasteiger partial charge is 0.432 e. The lowest BCUT2D eigenvalue weighted by molar-refractivity contribution is -0.150. The van der Waals surface area contributed by atoms with Gasteiger partial charge in [-0.15, -0.1) is 6.58 Å². The highest BCUT2D eigenvalue weighted by Gasteiger charge is 2.66. The predicted octanol–water partition coefficient (Wildman–Crippen LogP) is 3.96. The number of anilines is 1. The van der Waals surface area contributed by atoms with Gasteiger partial charge in [0.15, 0.2) is 13.9 Å². The number of carbonyl (C=O) groups excluding carboxylic acids is 2. The smallest absolute Gasteiger partial charge is 0.264 e. The van der Waals surface area contributed by atoms with E-state index in [0.29, 0.717) is 19.5 Å². The number of fused-ring (bicyclic) bond motifs is 3. The van der Waals surface area contributed by atoms with Crippen molar-refractivity contribution in [3.05, 3.63) is 75.4 Å². The molecule has 0 radical (unpaired) electrons. The number of benzene rings is 2. The van der Waals surface area contributed by atoms with E-state index in [4.69, 9.17) is 4.74 Å². The summed E-state index contributed by atoms with van der Waals surface area (Å²) in [4.78, 5) is 42.8. The van der Waals surface area contributed by atoms with Crippen LogP contribution in [0.2, 0.25) is 18.6 Å². The first kappa shape index (κ1) is 27.5. The van der Waals surface area contributed by atoms with Gasteiger partial charge in [-0.3, -0.25) is 9.59 Å². The predicted molar refractivity (Wildman–Crippen MR) is 157 cm³/mol. The lowest BCUT2D eigenvalue weighted by Gasteiger charge is -2.37. The third kappa shape index (κ3) is 4.36. The molecule has 5 rings (SSSR count). The first-order valence-electron chi connectivity index (χ1n) is 13.1. The van der Waals surface area contributed by atoms with Gasteiger partial charge >= 0.3 is 0 Å². The van der Waals surface area contributed by atoms with E-state index in [0.717, 1.165) is 25.9 Å². The minimum absolute atomic E-state index is 0.0421. The molecule has 2 N–H and O–H groups in total. The molecule has 3 heterocycles. The molecule has 0 aliphatic carbocycles. The Bertz CT molecular complexity index is 1280. The molecule has 0 unspecified atom stereocenters. The molecule has 0 bridgehead atoms. The molecule has 3 aliphatic heterocycles. The van der Waals surface area contributed by atoms with Crippen LogP contribution in [0.3, 0.4) is 0 Å². The lowest BCUT2D eigenvalue weighted by atomic mass is 9.82. The van der Waals surface area contributed by atoms with Crippen molar-refractivity contribution < 1.29 is 24.2 Å². The molecule has 5 atom stereocenters. The maximum atomic E-state index is 14.1. The molecule has 202 valence electrons. The minimum Gasteiger partial charge on any atom is -0.432 e. The van der Waals surface area contributed by atoms with Crippen LogP contribution in [0.15, 0.2) is 55.1 Å². The van der Waals surface area contributed by atoms with Crippen molar-refractivity contribution in [2.45, 2.75) is 62.7 Å². The van der Waals surface area contributed by atoms with Crippen LogP contribution in [-0.2, 0) is 32.9 Å². The zero-order valence-electron chi connectivity index (χ0n) is 22.1. The van der Waals surface area contributed by atoms with Crippen molar-refractivity contribution in [2.24, 2.45) is 5.92 Å². The Kier molecular flexibility index (Phi) is 7.36. The molecule has 2 amide bonds. The SMILES string of the molecule is C=CCN1C(=O)[C@]2(O[C@H](CC(=O)N3Cc4ccccc4C[C@H]3CO)[C@@H]([Si](C)(C)O)[C@@H]2C)c2cc(I)ccc21. The second-order valence-corrected chi connectivity index (χ2v) is 16.5.